The van der Waals surface area contributed by atoms with Gasteiger partial charge in [-0.2, -0.15) is 14.9 Å². The maximum Gasteiger partial charge on any atom is 0.216 e. The smallest absolute Gasteiger partial charge is 0.216 e. The Balaban J connectivity index is 1.55. The van der Waals surface area contributed by atoms with Crippen molar-refractivity contribution in [1.82, 2.24) is 14.9 Å². The van der Waals surface area contributed by atoms with Crippen molar-refractivity contribution in [1.29, 1.82) is 0 Å². The van der Waals surface area contributed by atoms with Crippen LogP contribution in [0, 0.1) is 4.77 Å². The highest BCUT2D eigenvalue weighted by molar-refractivity contribution is 7.71. The van der Waals surface area contributed by atoms with Crippen LogP contribution < -0.4 is 9.64 Å². The van der Waals surface area contributed by atoms with Crippen LogP contribution in [0.25, 0.3) is 11.4 Å². The first-order valence-corrected chi connectivity index (χ1v) is 11.4. The summed E-state index contributed by atoms with van der Waals surface area (Å²) in [6.45, 7) is 6.49. The Bertz CT molecular complexity index is 1260. The Hall–Kier alpha value is -3.71. The minimum Gasteiger partial charge on any atom is -0.493 e. The summed E-state index contributed by atoms with van der Waals surface area (Å²) in [5, 5.41) is 11.8. The molecule has 0 aliphatic heterocycles. The minimum atomic E-state index is 0.421. The topological polar surface area (TPSA) is 58.4 Å². The second kappa shape index (κ2) is 10.7. The number of aromatic amines is 1. The summed E-state index contributed by atoms with van der Waals surface area (Å²) < 4.78 is 7.79. The summed E-state index contributed by atoms with van der Waals surface area (Å²) in [6.07, 6.45) is 1.79. The van der Waals surface area contributed by atoms with Crippen LogP contribution in [0.15, 0.2) is 84.0 Å². The molecule has 3 aromatic carbocycles. The highest BCUT2D eigenvalue weighted by atomic mass is 32.1. The molecule has 0 radical (unpaired) electrons. The summed E-state index contributed by atoms with van der Waals surface area (Å²) in [5.74, 6) is 1.35. The van der Waals surface area contributed by atoms with Gasteiger partial charge in [0.05, 0.1) is 18.4 Å². The van der Waals surface area contributed by atoms with E-state index < -0.39 is 0 Å². The van der Waals surface area contributed by atoms with Gasteiger partial charge in [-0.1, -0.05) is 54.6 Å². The van der Waals surface area contributed by atoms with Crippen LogP contribution in [-0.4, -0.2) is 34.2 Å². The molecule has 0 aliphatic rings. The fourth-order valence-electron chi connectivity index (χ4n) is 3.59. The van der Waals surface area contributed by atoms with Gasteiger partial charge in [-0.25, -0.2) is 5.10 Å². The van der Waals surface area contributed by atoms with Crippen LogP contribution in [0.2, 0.25) is 0 Å². The zero-order chi connectivity index (χ0) is 23.0. The molecule has 0 bridgehead atoms. The van der Waals surface area contributed by atoms with Crippen LogP contribution in [0.3, 0.4) is 0 Å². The molecule has 6 nitrogen and oxygen atoms in total. The molecule has 168 valence electrons. The molecule has 0 aliphatic carbocycles. The fraction of sp³-hybridized carbons (Fsp3) is 0.192. The molecule has 0 spiro atoms. The normalized spacial score (nSPS) is 11.1. The summed E-state index contributed by atoms with van der Waals surface area (Å²) in [4.78, 5) is 2.34. The molecule has 4 aromatic rings. The van der Waals surface area contributed by atoms with Gasteiger partial charge in [0.1, 0.15) is 5.75 Å². The number of nitrogens with zero attached hydrogens (tertiary/aromatic N) is 4. The number of benzene rings is 3. The van der Waals surface area contributed by atoms with Crippen LogP contribution in [-0.2, 0) is 6.54 Å². The van der Waals surface area contributed by atoms with Crippen molar-refractivity contribution < 1.29 is 4.74 Å². The molecule has 1 aromatic heterocycles. The Labute approximate surface area is 199 Å². The third-order valence-electron chi connectivity index (χ3n) is 5.26. The second-order valence-electron chi connectivity index (χ2n) is 7.43. The number of nitrogens with one attached hydrogen (secondary N) is 1. The van der Waals surface area contributed by atoms with Gasteiger partial charge in [-0.3, -0.25) is 0 Å². The predicted molar refractivity (Wildman–Crippen MR) is 137 cm³/mol. The standard InChI is InChI=1S/C26H27N5OS/c1-3-30(19-21-10-6-5-7-11-21)22-16-14-20(15-17-22)18-27-31-25(28-29-26(31)33)23-12-8-9-13-24(23)32-4-2/h5-18H,3-4,19H2,1-2H3,(H,29,33)/b27-18-. The minimum absolute atomic E-state index is 0.421. The molecule has 1 N–H and O–H groups in total. The molecule has 0 saturated heterocycles. The van der Waals surface area contributed by atoms with Gasteiger partial charge in [0.15, 0.2) is 5.82 Å². The number of ether oxygens (including phenoxy) is 1. The maximum absolute atomic E-state index is 5.75. The lowest BCUT2D eigenvalue weighted by molar-refractivity contribution is 0.341. The number of H-pyrrole nitrogens is 1. The van der Waals surface area contributed by atoms with E-state index in [1.807, 2.05) is 37.3 Å². The molecule has 0 atom stereocenters. The first kappa shape index (κ1) is 22.5. The third kappa shape index (κ3) is 5.38. The van der Waals surface area contributed by atoms with Crippen LogP contribution in [0.4, 0.5) is 5.69 Å². The van der Waals surface area contributed by atoms with Gasteiger partial charge >= 0.3 is 0 Å². The fourth-order valence-corrected chi connectivity index (χ4v) is 3.77. The summed E-state index contributed by atoms with van der Waals surface area (Å²) in [7, 11) is 0. The number of anilines is 1. The first-order chi connectivity index (χ1) is 16.2. The number of hydrogen-bond donors (Lipinski definition) is 1. The van der Waals surface area contributed by atoms with Crippen LogP contribution in [0.1, 0.15) is 25.0 Å². The van der Waals surface area contributed by atoms with Gasteiger partial charge in [-0.05, 0) is 61.5 Å². The van der Waals surface area contributed by atoms with Crippen molar-refractivity contribution in [3.63, 3.8) is 0 Å². The molecule has 33 heavy (non-hydrogen) atoms. The van der Waals surface area contributed by atoms with E-state index in [1.54, 1.807) is 10.9 Å². The van der Waals surface area contributed by atoms with Crippen molar-refractivity contribution >= 4 is 24.1 Å². The van der Waals surface area contributed by atoms with E-state index in [4.69, 9.17) is 17.0 Å². The quantitative estimate of drug-likeness (QED) is 0.251. The van der Waals surface area contributed by atoms with Crippen molar-refractivity contribution in [2.45, 2.75) is 20.4 Å². The number of para-hydroxylation sites is 1. The second-order valence-corrected chi connectivity index (χ2v) is 7.82. The SMILES string of the molecule is CCOc1ccccc1-c1n[nH]c(=S)n1/N=C\c1ccc(N(CC)Cc2ccccc2)cc1. The first-order valence-electron chi connectivity index (χ1n) is 11.0. The average molecular weight is 458 g/mol. The highest BCUT2D eigenvalue weighted by Crippen LogP contribution is 2.28. The molecule has 0 amide bonds. The van der Waals surface area contributed by atoms with E-state index in [-0.39, 0.29) is 0 Å². The lowest BCUT2D eigenvalue weighted by Gasteiger charge is -2.23. The molecular weight excluding hydrogens is 430 g/mol. The Morgan fingerprint density at radius 3 is 2.45 bits per heavy atom. The largest absolute Gasteiger partial charge is 0.493 e. The average Bonchev–Trinajstić information content (AvgIpc) is 3.23. The monoisotopic (exact) mass is 457 g/mol. The zero-order valence-corrected chi connectivity index (χ0v) is 19.6. The van der Waals surface area contributed by atoms with E-state index in [0.717, 1.165) is 30.0 Å². The molecular formula is C26H27N5OS. The van der Waals surface area contributed by atoms with Crippen molar-refractivity contribution in [3.8, 4) is 17.1 Å². The van der Waals surface area contributed by atoms with Gasteiger partial charge in [0, 0.05) is 18.8 Å². The van der Waals surface area contributed by atoms with E-state index in [0.29, 0.717) is 17.2 Å². The molecule has 0 fully saturated rings. The maximum atomic E-state index is 5.75. The Morgan fingerprint density at radius 2 is 1.73 bits per heavy atom. The summed E-state index contributed by atoms with van der Waals surface area (Å²) in [5.41, 5.74) is 4.27. The van der Waals surface area contributed by atoms with Crippen LogP contribution in [0.5, 0.6) is 5.75 Å². The highest BCUT2D eigenvalue weighted by Gasteiger charge is 2.13. The molecule has 1 heterocycles. The molecule has 4 rings (SSSR count). The molecule has 7 heteroatoms. The van der Waals surface area contributed by atoms with Crippen molar-refractivity contribution in [2.24, 2.45) is 5.10 Å². The predicted octanol–water partition coefficient (Wildman–Crippen LogP) is 5.92. The van der Waals surface area contributed by atoms with Gasteiger partial charge in [-0.15, -0.1) is 0 Å². The summed E-state index contributed by atoms with van der Waals surface area (Å²) in [6, 6.07) is 26.6. The van der Waals surface area contributed by atoms with Crippen molar-refractivity contribution in [2.75, 3.05) is 18.1 Å². The third-order valence-corrected chi connectivity index (χ3v) is 5.52. The van der Waals surface area contributed by atoms with E-state index in [1.165, 1.54) is 11.3 Å². The zero-order valence-electron chi connectivity index (χ0n) is 18.8. The molecule has 0 unspecified atom stereocenters. The lowest BCUT2D eigenvalue weighted by Crippen LogP contribution is -2.21. The van der Waals surface area contributed by atoms with Crippen molar-refractivity contribution in [3.05, 3.63) is 94.8 Å². The van der Waals surface area contributed by atoms with Gasteiger partial charge in [0.25, 0.3) is 0 Å². The van der Waals surface area contributed by atoms with E-state index in [2.05, 4.69) is 75.7 Å². The summed E-state index contributed by atoms with van der Waals surface area (Å²) >= 11 is 5.41. The Kier molecular flexibility index (Phi) is 7.32. The lowest BCUT2D eigenvalue weighted by atomic mass is 10.1. The van der Waals surface area contributed by atoms with Crippen LogP contribution >= 0.6 is 12.2 Å². The van der Waals surface area contributed by atoms with Gasteiger partial charge < -0.3 is 9.64 Å². The number of rotatable bonds is 9. The van der Waals surface area contributed by atoms with Gasteiger partial charge in [0.2, 0.25) is 4.77 Å². The van der Waals surface area contributed by atoms with E-state index >= 15 is 0 Å². The molecule has 0 saturated carbocycles. The number of aromatic nitrogens is 3. The number of hydrogen-bond acceptors (Lipinski definition) is 5. The Morgan fingerprint density at radius 1 is 1.00 bits per heavy atom. The van der Waals surface area contributed by atoms with E-state index in [9.17, 15) is 0 Å².